The SMILES string of the molecule is CCCCCCCCCCCC=CC(=O)O.[Ni]. The van der Waals surface area contributed by atoms with Crippen LogP contribution < -0.4 is 0 Å². The van der Waals surface area contributed by atoms with Crippen LogP contribution in [-0.4, -0.2) is 11.1 Å². The van der Waals surface area contributed by atoms with E-state index in [1.807, 2.05) is 0 Å². The Morgan fingerprint density at radius 1 is 0.941 bits per heavy atom. The van der Waals surface area contributed by atoms with E-state index in [4.69, 9.17) is 5.11 Å². The second-order valence-corrected chi connectivity index (χ2v) is 4.36. The fourth-order valence-corrected chi connectivity index (χ4v) is 1.76. The summed E-state index contributed by atoms with van der Waals surface area (Å²) in [6, 6.07) is 0. The van der Waals surface area contributed by atoms with Gasteiger partial charge in [-0.25, -0.2) is 4.79 Å². The van der Waals surface area contributed by atoms with Gasteiger partial charge < -0.3 is 5.11 Å². The number of allylic oxidation sites excluding steroid dienone is 1. The van der Waals surface area contributed by atoms with Crippen LogP contribution in [0.1, 0.15) is 71.1 Å². The van der Waals surface area contributed by atoms with E-state index in [9.17, 15) is 4.79 Å². The zero-order valence-corrected chi connectivity index (χ0v) is 11.9. The summed E-state index contributed by atoms with van der Waals surface area (Å²) in [5.74, 6) is -0.837. The molecule has 0 aromatic heterocycles. The molecule has 17 heavy (non-hydrogen) atoms. The third-order valence-electron chi connectivity index (χ3n) is 2.73. The van der Waals surface area contributed by atoms with E-state index in [1.54, 1.807) is 6.08 Å². The van der Waals surface area contributed by atoms with E-state index in [0.717, 1.165) is 12.8 Å². The van der Waals surface area contributed by atoms with Gasteiger partial charge in [0.2, 0.25) is 0 Å². The molecule has 0 aromatic rings. The molecule has 0 aliphatic carbocycles. The minimum absolute atomic E-state index is 0. The quantitative estimate of drug-likeness (QED) is 0.343. The van der Waals surface area contributed by atoms with E-state index in [0.29, 0.717) is 0 Å². The monoisotopic (exact) mass is 284 g/mol. The molecule has 0 amide bonds. The molecule has 0 aliphatic heterocycles. The Kier molecular flexibility index (Phi) is 17.6. The van der Waals surface area contributed by atoms with Crippen molar-refractivity contribution in [2.24, 2.45) is 0 Å². The summed E-state index contributed by atoms with van der Waals surface area (Å²) in [5, 5.41) is 8.37. The standard InChI is InChI=1S/C14H26O2.Ni/c1-2-3-4-5-6-7-8-9-10-11-12-13-14(15)16;/h12-13H,2-11H2,1H3,(H,15,16);. The molecule has 0 atom stereocenters. The molecular formula is C14H26NiO2. The van der Waals surface area contributed by atoms with Crippen LogP contribution in [0.4, 0.5) is 0 Å². The third kappa shape index (κ3) is 18.3. The van der Waals surface area contributed by atoms with Gasteiger partial charge in [0, 0.05) is 22.6 Å². The van der Waals surface area contributed by atoms with Crippen LogP contribution in [0, 0.1) is 0 Å². The number of carbonyl (C=O) groups is 1. The van der Waals surface area contributed by atoms with Crippen LogP contribution in [0.3, 0.4) is 0 Å². The molecule has 0 fully saturated rings. The molecule has 0 saturated carbocycles. The van der Waals surface area contributed by atoms with Crippen LogP contribution >= 0.6 is 0 Å². The van der Waals surface area contributed by atoms with Crippen LogP contribution in [0.2, 0.25) is 0 Å². The van der Waals surface area contributed by atoms with Crippen LogP contribution in [0.5, 0.6) is 0 Å². The molecule has 0 aliphatic rings. The van der Waals surface area contributed by atoms with Crippen LogP contribution in [0.15, 0.2) is 12.2 Å². The Hall–Kier alpha value is -0.296. The molecule has 0 rings (SSSR count). The van der Waals surface area contributed by atoms with Crippen LogP contribution in [-0.2, 0) is 21.3 Å². The Labute approximate surface area is 116 Å². The topological polar surface area (TPSA) is 37.3 Å². The Bertz CT molecular complexity index is 191. The average molecular weight is 285 g/mol. The third-order valence-corrected chi connectivity index (χ3v) is 2.73. The molecule has 0 aromatic carbocycles. The van der Waals surface area contributed by atoms with Gasteiger partial charge in [0.25, 0.3) is 0 Å². The number of hydrogen-bond donors (Lipinski definition) is 1. The number of rotatable bonds is 11. The predicted octanol–water partition coefficient (Wildman–Crippen LogP) is 4.55. The van der Waals surface area contributed by atoms with Gasteiger partial charge in [-0.15, -0.1) is 0 Å². The zero-order chi connectivity index (χ0) is 12.1. The number of hydrogen-bond acceptors (Lipinski definition) is 1. The summed E-state index contributed by atoms with van der Waals surface area (Å²) < 4.78 is 0. The largest absolute Gasteiger partial charge is 0.478 e. The number of carboxylic acid groups (broad SMARTS) is 1. The molecule has 0 unspecified atom stereocenters. The number of carboxylic acids is 1. The van der Waals surface area contributed by atoms with Crippen molar-refractivity contribution >= 4 is 5.97 Å². The summed E-state index contributed by atoms with van der Waals surface area (Å²) in [4.78, 5) is 10.2. The average Bonchev–Trinajstić information content (AvgIpc) is 2.25. The van der Waals surface area contributed by atoms with Gasteiger partial charge in [-0.1, -0.05) is 64.4 Å². The first kappa shape index (κ1) is 19.1. The second kappa shape index (κ2) is 15.7. The molecule has 2 nitrogen and oxygen atoms in total. The van der Waals surface area contributed by atoms with E-state index in [2.05, 4.69) is 6.92 Å². The molecule has 0 saturated heterocycles. The molecule has 3 heteroatoms. The Balaban J connectivity index is 0. The van der Waals surface area contributed by atoms with Crippen molar-refractivity contribution in [1.29, 1.82) is 0 Å². The van der Waals surface area contributed by atoms with Crippen molar-refractivity contribution in [3.05, 3.63) is 12.2 Å². The minimum atomic E-state index is -0.837. The Morgan fingerprint density at radius 3 is 1.88 bits per heavy atom. The summed E-state index contributed by atoms with van der Waals surface area (Å²) in [6.07, 6.45) is 15.7. The molecule has 0 heterocycles. The summed E-state index contributed by atoms with van der Waals surface area (Å²) in [5.41, 5.74) is 0. The van der Waals surface area contributed by atoms with Crippen molar-refractivity contribution in [2.45, 2.75) is 71.1 Å². The number of unbranched alkanes of at least 4 members (excludes halogenated alkanes) is 9. The van der Waals surface area contributed by atoms with Gasteiger partial charge in [0.05, 0.1) is 0 Å². The molecule has 0 spiro atoms. The van der Waals surface area contributed by atoms with E-state index < -0.39 is 5.97 Å². The normalized spacial score (nSPS) is 10.4. The van der Waals surface area contributed by atoms with Crippen molar-refractivity contribution in [1.82, 2.24) is 0 Å². The maximum atomic E-state index is 10.2. The second-order valence-electron chi connectivity index (χ2n) is 4.36. The van der Waals surface area contributed by atoms with Crippen molar-refractivity contribution in [2.75, 3.05) is 0 Å². The molecule has 0 bridgehead atoms. The van der Waals surface area contributed by atoms with Crippen molar-refractivity contribution in [3.63, 3.8) is 0 Å². The summed E-state index contributed by atoms with van der Waals surface area (Å²) >= 11 is 0. The molecule has 0 radical (unpaired) electrons. The van der Waals surface area contributed by atoms with Crippen LogP contribution in [0.25, 0.3) is 0 Å². The molecular weight excluding hydrogens is 259 g/mol. The maximum absolute atomic E-state index is 10.2. The van der Waals surface area contributed by atoms with Gasteiger partial charge in [-0.3, -0.25) is 0 Å². The first-order valence-corrected chi connectivity index (χ1v) is 6.67. The fraction of sp³-hybridized carbons (Fsp3) is 0.786. The van der Waals surface area contributed by atoms with Gasteiger partial charge in [0.15, 0.2) is 0 Å². The summed E-state index contributed by atoms with van der Waals surface area (Å²) in [6.45, 7) is 2.24. The van der Waals surface area contributed by atoms with Gasteiger partial charge >= 0.3 is 5.97 Å². The first-order chi connectivity index (χ1) is 7.77. The fourth-order valence-electron chi connectivity index (χ4n) is 1.76. The van der Waals surface area contributed by atoms with E-state index in [1.165, 1.54) is 57.4 Å². The maximum Gasteiger partial charge on any atom is 0.327 e. The van der Waals surface area contributed by atoms with Gasteiger partial charge in [0.1, 0.15) is 0 Å². The Morgan fingerprint density at radius 2 is 1.41 bits per heavy atom. The molecule has 1 N–H and O–H groups in total. The zero-order valence-electron chi connectivity index (χ0n) is 10.9. The van der Waals surface area contributed by atoms with Crippen molar-refractivity contribution in [3.8, 4) is 0 Å². The van der Waals surface area contributed by atoms with Gasteiger partial charge in [-0.2, -0.15) is 0 Å². The first-order valence-electron chi connectivity index (χ1n) is 6.67. The van der Waals surface area contributed by atoms with Gasteiger partial charge in [-0.05, 0) is 12.8 Å². The minimum Gasteiger partial charge on any atom is -0.478 e. The van der Waals surface area contributed by atoms with E-state index >= 15 is 0 Å². The number of aliphatic carboxylic acids is 1. The summed E-state index contributed by atoms with van der Waals surface area (Å²) in [7, 11) is 0. The smallest absolute Gasteiger partial charge is 0.327 e. The predicted molar refractivity (Wildman–Crippen MR) is 68.6 cm³/mol. The molecule has 104 valence electrons. The van der Waals surface area contributed by atoms with Crippen molar-refractivity contribution < 1.29 is 26.4 Å². The van der Waals surface area contributed by atoms with E-state index in [-0.39, 0.29) is 16.5 Å².